The number of benzene rings is 2. The number of halogens is 2. The second-order valence-electron chi connectivity index (χ2n) is 13.5. The number of hydrogen-bond donors (Lipinski definition) is 8. The van der Waals surface area contributed by atoms with Gasteiger partial charge < -0.3 is 42.9 Å². The van der Waals surface area contributed by atoms with E-state index in [1.807, 2.05) is 40.8 Å². The molecule has 2 aromatic carbocycles. The highest BCUT2D eigenvalue weighted by Gasteiger charge is 2.30. The Morgan fingerprint density at radius 1 is 0.750 bits per heavy atom. The molecule has 2 aliphatic rings. The van der Waals surface area contributed by atoms with Crippen molar-refractivity contribution in [3.8, 4) is 11.5 Å². The Labute approximate surface area is 363 Å². The van der Waals surface area contributed by atoms with Crippen molar-refractivity contribution in [3.05, 3.63) is 54.7 Å². The first-order chi connectivity index (χ1) is 26.8. The summed E-state index contributed by atoms with van der Waals surface area (Å²) in [5.74, 6) is 1.06. The fraction of sp³-hybridized carbons (Fsp3) is 0.526. The number of amides is 4. The number of aryl methyl sites for hydroxylation is 2. The fourth-order valence-electron chi connectivity index (χ4n) is 5.70. The summed E-state index contributed by atoms with van der Waals surface area (Å²) in [5.41, 5.74) is 13.4. The number of phenols is 2. The Morgan fingerprint density at radius 3 is 1.77 bits per heavy atom. The van der Waals surface area contributed by atoms with E-state index in [-0.39, 0.29) is 51.8 Å². The SMILES string of the molecule is NCCCC[C@H](NC(=O)CCc1ccc(O)c([123I])c1)C(=O)N[C@H]1CCSC1=O.N[C@@H](CCCCNC(=O)CCc1ccc(O)c([123I])c1)C(=O)N[C@H]1CCSC1=O. The number of hydrogen-bond acceptors (Lipinski definition) is 12. The Hall–Kier alpha value is -2.66. The zero-order chi connectivity index (χ0) is 41.0. The Kier molecular flexibility index (Phi) is 21.9. The van der Waals surface area contributed by atoms with Gasteiger partial charge in [0.25, 0.3) is 0 Å². The van der Waals surface area contributed by atoms with Crippen LogP contribution in [0.3, 0.4) is 0 Å². The summed E-state index contributed by atoms with van der Waals surface area (Å²) in [7, 11) is 0. The molecule has 4 rings (SSSR count). The van der Waals surface area contributed by atoms with Crippen LogP contribution in [0.15, 0.2) is 36.4 Å². The molecule has 10 N–H and O–H groups in total. The zero-order valence-corrected chi connectivity index (χ0v) is 37.1. The van der Waals surface area contributed by atoms with Gasteiger partial charge in [-0.1, -0.05) is 35.7 Å². The van der Waals surface area contributed by atoms with Crippen molar-refractivity contribution in [1.82, 2.24) is 21.3 Å². The summed E-state index contributed by atoms with van der Waals surface area (Å²) in [5, 5.41) is 30.2. The molecule has 0 bridgehead atoms. The molecule has 0 spiro atoms. The van der Waals surface area contributed by atoms with E-state index >= 15 is 0 Å². The molecule has 2 heterocycles. The minimum absolute atomic E-state index is 0.00489. The van der Waals surface area contributed by atoms with E-state index in [0.29, 0.717) is 63.8 Å². The first kappa shape index (κ1) is 47.7. The van der Waals surface area contributed by atoms with Gasteiger partial charge in [0, 0.05) is 30.9 Å². The summed E-state index contributed by atoms with van der Waals surface area (Å²) >= 11 is 6.56. The molecule has 2 saturated heterocycles. The van der Waals surface area contributed by atoms with Crippen molar-refractivity contribution in [2.45, 2.75) is 101 Å². The zero-order valence-electron chi connectivity index (χ0n) is 31.2. The molecule has 2 aromatic rings. The number of nitrogens with one attached hydrogen (secondary N) is 4. The van der Waals surface area contributed by atoms with Crippen molar-refractivity contribution in [1.29, 1.82) is 0 Å². The quantitative estimate of drug-likeness (QED) is 0.0704. The summed E-state index contributed by atoms with van der Waals surface area (Å²) < 4.78 is 1.50. The molecular formula is C38H52I2N6O8S2. The molecule has 56 heavy (non-hydrogen) atoms. The van der Waals surface area contributed by atoms with Crippen molar-refractivity contribution in [3.63, 3.8) is 0 Å². The van der Waals surface area contributed by atoms with Gasteiger partial charge in [0.2, 0.25) is 33.9 Å². The third-order valence-electron chi connectivity index (χ3n) is 9.01. The van der Waals surface area contributed by atoms with Crippen molar-refractivity contribution < 1.29 is 39.0 Å². The third kappa shape index (κ3) is 17.5. The van der Waals surface area contributed by atoms with E-state index in [4.69, 9.17) is 11.5 Å². The topological polar surface area (TPSA) is 243 Å². The van der Waals surface area contributed by atoms with Crippen LogP contribution >= 0.6 is 68.7 Å². The standard InChI is InChI=1S/2C19H26IN3O4S/c20-13-11-12(4-6-16(13)24)5-7-17(25)22-9-2-1-3-14(21)18(26)23-15-8-10-28-19(15)27;20-13-11-12(4-6-16(13)24)5-7-17(25)22-14(3-1-2-9-21)18(26)23-15-8-10-28-19(15)27/h2*4,6,11,14-15,24H,1-3,5,7-10,21H2,(H,22,25)(H,23,26)/t2*14-,15-/m00/s1/i2*20-4. The molecule has 0 aliphatic carbocycles. The van der Waals surface area contributed by atoms with Crippen LogP contribution in [-0.4, -0.2) is 92.8 Å². The van der Waals surface area contributed by atoms with Gasteiger partial charge in [-0.3, -0.25) is 28.8 Å². The van der Waals surface area contributed by atoms with E-state index in [1.165, 1.54) is 23.5 Å². The number of carbonyl (C=O) groups is 6. The Bertz CT molecular complexity index is 1670. The minimum atomic E-state index is -0.669. The van der Waals surface area contributed by atoms with E-state index in [2.05, 4.69) is 43.9 Å². The normalized spacial score (nSPS) is 17.4. The lowest BCUT2D eigenvalue weighted by molar-refractivity contribution is -0.130. The number of carbonyl (C=O) groups excluding carboxylic acids is 6. The lowest BCUT2D eigenvalue weighted by atomic mass is 10.1. The number of unbranched alkanes of at least 4 members (excludes halogenated alkanes) is 2. The van der Waals surface area contributed by atoms with Gasteiger partial charge in [0.1, 0.15) is 17.5 Å². The van der Waals surface area contributed by atoms with Crippen molar-refractivity contribution in [2.75, 3.05) is 24.6 Å². The van der Waals surface area contributed by atoms with Gasteiger partial charge in [-0.2, -0.15) is 0 Å². The average Bonchev–Trinajstić information content (AvgIpc) is 3.77. The van der Waals surface area contributed by atoms with Crippen molar-refractivity contribution in [2.24, 2.45) is 11.5 Å². The summed E-state index contributed by atoms with van der Waals surface area (Å²) in [6.07, 6.45) is 6.98. The van der Waals surface area contributed by atoms with E-state index in [1.54, 1.807) is 18.2 Å². The van der Waals surface area contributed by atoms with Crippen LogP contribution in [0.4, 0.5) is 0 Å². The number of phenolic OH excluding ortho intramolecular Hbond substituents is 2. The largest absolute Gasteiger partial charge is 0.507 e. The highest BCUT2D eigenvalue weighted by molar-refractivity contribution is 14.1. The number of thioether (sulfide) groups is 2. The molecule has 4 amide bonds. The van der Waals surface area contributed by atoms with Crippen LogP contribution in [0, 0.1) is 7.14 Å². The highest BCUT2D eigenvalue weighted by atomic mass is 123. The van der Waals surface area contributed by atoms with Crippen LogP contribution in [-0.2, 0) is 41.6 Å². The predicted molar refractivity (Wildman–Crippen MR) is 236 cm³/mol. The van der Waals surface area contributed by atoms with Gasteiger partial charge in [-0.25, -0.2) is 0 Å². The lowest BCUT2D eigenvalue weighted by Gasteiger charge is -2.20. The maximum absolute atomic E-state index is 12.6. The van der Waals surface area contributed by atoms with Crippen LogP contribution in [0.2, 0.25) is 0 Å². The van der Waals surface area contributed by atoms with E-state index in [9.17, 15) is 39.0 Å². The van der Waals surface area contributed by atoms with E-state index < -0.39 is 24.2 Å². The van der Waals surface area contributed by atoms with Crippen LogP contribution in [0.1, 0.15) is 75.3 Å². The predicted octanol–water partition coefficient (Wildman–Crippen LogP) is 3.38. The van der Waals surface area contributed by atoms with Gasteiger partial charge in [-0.05, 0) is 151 Å². The molecule has 2 fully saturated rings. The number of rotatable bonds is 20. The smallest absolute Gasteiger partial charge is 0.243 e. The molecule has 308 valence electrons. The molecule has 0 radical (unpaired) electrons. The summed E-state index contributed by atoms with van der Waals surface area (Å²) in [6.45, 7) is 1.07. The minimum Gasteiger partial charge on any atom is -0.507 e. The molecular weight excluding hydrogens is 978 g/mol. The first-order valence-electron chi connectivity index (χ1n) is 18.7. The molecule has 14 nitrogen and oxygen atoms in total. The van der Waals surface area contributed by atoms with Crippen LogP contribution in [0.5, 0.6) is 11.5 Å². The molecule has 18 heteroatoms. The molecule has 0 saturated carbocycles. The lowest BCUT2D eigenvalue weighted by Crippen LogP contribution is -2.50. The van der Waals surface area contributed by atoms with Crippen molar-refractivity contribution >= 4 is 103 Å². The highest BCUT2D eigenvalue weighted by Crippen LogP contribution is 2.23. The fourth-order valence-corrected chi connectivity index (χ4v) is 8.72. The molecule has 0 aromatic heterocycles. The summed E-state index contributed by atoms with van der Waals surface area (Å²) in [4.78, 5) is 72.2. The molecule has 0 unspecified atom stereocenters. The number of aromatic hydroxyl groups is 2. The van der Waals surface area contributed by atoms with Gasteiger partial charge in [0.15, 0.2) is 0 Å². The van der Waals surface area contributed by atoms with Gasteiger partial charge in [-0.15, -0.1) is 0 Å². The number of nitrogens with two attached hydrogens (primary N) is 2. The van der Waals surface area contributed by atoms with Crippen LogP contribution < -0.4 is 32.7 Å². The second kappa shape index (κ2) is 25.6. The maximum atomic E-state index is 12.6. The van der Waals surface area contributed by atoms with E-state index in [0.717, 1.165) is 49.7 Å². The molecule has 4 atom stereocenters. The molecule has 2 aliphatic heterocycles. The monoisotopic (exact) mass is 1030 g/mol. The summed E-state index contributed by atoms with van der Waals surface area (Å²) in [6, 6.07) is 8.36. The third-order valence-corrected chi connectivity index (χ3v) is 12.8. The average molecular weight is 1030 g/mol. The van der Waals surface area contributed by atoms with Crippen LogP contribution in [0.25, 0.3) is 0 Å². The van der Waals surface area contributed by atoms with Gasteiger partial charge >= 0.3 is 0 Å². The second-order valence-corrected chi connectivity index (χ2v) is 18.0. The Morgan fingerprint density at radius 2 is 1.27 bits per heavy atom. The van der Waals surface area contributed by atoms with Gasteiger partial charge in [0.05, 0.1) is 25.3 Å². The maximum Gasteiger partial charge on any atom is 0.243 e. The first-order valence-corrected chi connectivity index (χ1v) is 22.8. The Balaban J connectivity index is 0.000000300.